The van der Waals surface area contributed by atoms with E-state index in [0.717, 1.165) is 21.2 Å². The molecule has 0 aliphatic heterocycles. The monoisotopic (exact) mass is 265 g/mol. The Hall–Kier alpha value is -1.22. The molecule has 0 bridgehead atoms. The first kappa shape index (κ1) is 10.3. The Balaban J connectivity index is 2.60. The van der Waals surface area contributed by atoms with Crippen LogP contribution in [0.3, 0.4) is 0 Å². The van der Waals surface area contributed by atoms with Crippen LogP contribution in [0.1, 0.15) is 5.56 Å². The number of aromatic nitrogens is 1. The molecule has 0 aliphatic carbocycles. The van der Waals surface area contributed by atoms with Crippen molar-refractivity contribution in [3.8, 4) is 11.1 Å². The number of nitrogens with zero attached hydrogens (tertiary/aromatic N) is 1. The summed E-state index contributed by atoms with van der Waals surface area (Å²) in [6.07, 6.45) is 3.48. The average Bonchev–Trinajstić information content (AvgIpc) is 2.20. The maximum atomic E-state index is 12.9. The van der Waals surface area contributed by atoms with Crippen molar-refractivity contribution in [1.82, 2.24) is 4.98 Å². The zero-order chi connectivity index (χ0) is 10.8. The van der Waals surface area contributed by atoms with Crippen LogP contribution in [0.4, 0.5) is 4.39 Å². The first-order valence-corrected chi connectivity index (χ1v) is 5.34. The van der Waals surface area contributed by atoms with Gasteiger partial charge in [0.25, 0.3) is 0 Å². The number of halogens is 2. The minimum atomic E-state index is -0.212. The minimum absolute atomic E-state index is 0.212. The van der Waals surface area contributed by atoms with Gasteiger partial charge in [-0.05, 0) is 36.2 Å². The zero-order valence-electron chi connectivity index (χ0n) is 8.17. The highest BCUT2D eigenvalue weighted by molar-refractivity contribution is 9.10. The average molecular weight is 266 g/mol. The van der Waals surface area contributed by atoms with Crippen molar-refractivity contribution >= 4 is 15.9 Å². The van der Waals surface area contributed by atoms with E-state index in [1.54, 1.807) is 18.5 Å². The molecule has 15 heavy (non-hydrogen) atoms. The van der Waals surface area contributed by atoms with Crippen LogP contribution >= 0.6 is 15.9 Å². The molecule has 2 aromatic rings. The van der Waals surface area contributed by atoms with Crippen LogP contribution in [-0.2, 0) is 0 Å². The summed E-state index contributed by atoms with van der Waals surface area (Å²) in [4.78, 5) is 4.06. The smallest absolute Gasteiger partial charge is 0.123 e. The lowest BCUT2D eigenvalue weighted by molar-refractivity contribution is 0.627. The van der Waals surface area contributed by atoms with Gasteiger partial charge in [-0.1, -0.05) is 22.0 Å². The molecule has 0 radical (unpaired) electrons. The topological polar surface area (TPSA) is 12.9 Å². The second kappa shape index (κ2) is 4.11. The van der Waals surface area contributed by atoms with Crippen LogP contribution < -0.4 is 0 Å². The van der Waals surface area contributed by atoms with Crippen molar-refractivity contribution < 1.29 is 4.39 Å². The van der Waals surface area contributed by atoms with Gasteiger partial charge in [0.15, 0.2) is 0 Å². The van der Waals surface area contributed by atoms with Gasteiger partial charge < -0.3 is 0 Å². The molecule has 1 aromatic carbocycles. The van der Waals surface area contributed by atoms with E-state index in [1.807, 2.05) is 13.0 Å². The Kier molecular flexibility index (Phi) is 2.82. The highest BCUT2D eigenvalue weighted by Crippen LogP contribution is 2.29. The van der Waals surface area contributed by atoms with Gasteiger partial charge in [-0.15, -0.1) is 0 Å². The molecule has 0 unspecified atom stereocenters. The number of pyridine rings is 1. The van der Waals surface area contributed by atoms with Crippen molar-refractivity contribution in [3.63, 3.8) is 0 Å². The van der Waals surface area contributed by atoms with Gasteiger partial charge in [0.1, 0.15) is 5.82 Å². The Labute approximate surface area is 96.1 Å². The Morgan fingerprint density at radius 1 is 1.20 bits per heavy atom. The third-order valence-electron chi connectivity index (χ3n) is 2.25. The Morgan fingerprint density at radius 2 is 2.00 bits per heavy atom. The van der Waals surface area contributed by atoms with E-state index in [-0.39, 0.29) is 5.82 Å². The second-order valence-electron chi connectivity index (χ2n) is 3.31. The fourth-order valence-corrected chi connectivity index (χ4v) is 1.94. The standard InChI is InChI=1S/C12H9BrFN/c1-8-6-9(14)2-3-10(8)11-7-15-5-4-12(11)13/h2-7H,1H3. The van der Waals surface area contributed by atoms with Crippen LogP contribution in [0, 0.1) is 12.7 Å². The molecule has 0 N–H and O–H groups in total. The summed E-state index contributed by atoms with van der Waals surface area (Å²) in [5, 5.41) is 0. The summed E-state index contributed by atoms with van der Waals surface area (Å²) >= 11 is 3.45. The lowest BCUT2D eigenvalue weighted by Gasteiger charge is -2.07. The van der Waals surface area contributed by atoms with Crippen LogP contribution in [0.25, 0.3) is 11.1 Å². The van der Waals surface area contributed by atoms with Gasteiger partial charge in [-0.3, -0.25) is 4.98 Å². The molecule has 0 saturated carbocycles. The fourth-order valence-electron chi connectivity index (χ4n) is 1.50. The number of hydrogen-bond acceptors (Lipinski definition) is 1. The summed E-state index contributed by atoms with van der Waals surface area (Å²) < 4.78 is 13.9. The molecule has 0 fully saturated rings. The van der Waals surface area contributed by atoms with Gasteiger partial charge >= 0.3 is 0 Å². The van der Waals surface area contributed by atoms with E-state index in [1.165, 1.54) is 12.1 Å². The van der Waals surface area contributed by atoms with E-state index in [9.17, 15) is 4.39 Å². The fraction of sp³-hybridized carbons (Fsp3) is 0.0833. The number of hydrogen-bond donors (Lipinski definition) is 0. The molecule has 0 atom stereocenters. The maximum Gasteiger partial charge on any atom is 0.123 e. The van der Waals surface area contributed by atoms with Crippen molar-refractivity contribution in [2.24, 2.45) is 0 Å². The summed E-state index contributed by atoms with van der Waals surface area (Å²) in [7, 11) is 0. The second-order valence-corrected chi connectivity index (χ2v) is 4.17. The summed E-state index contributed by atoms with van der Waals surface area (Å²) in [5.74, 6) is -0.212. The Morgan fingerprint density at radius 3 is 2.67 bits per heavy atom. The Bertz CT molecular complexity index is 497. The third kappa shape index (κ3) is 2.07. The van der Waals surface area contributed by atoms with Gasteiger partial charge in [0.05, 0.1) is 0 Å². The first-order chi connectivity index (χ1) is 7.18. The van der Waals surface area contributed by atoms with Gasteiger partial charge in [-0.25, -0.2) is 4.39 Å². The van der Waals surface area contributed by atoms with E-state index in [4.69, 9.17) is 0 Å². The zero-order valence-corrected chi connectivity index (χ0v) is 9.75. The van der Waals surface area contributed by atoms with E-state index < -0.39 is 0 Å². The molecule has 0 saturated heterocycles. The molecule has 1 heterocycles. The molecule has 76 valence electrons. The SMILES string of the molecule is Cc1cc(F)ccc1-c1cnccc1Br. The van der Waals surface area contributed by atoms with Crippen LogP contribution in [-0.4, -0.2) is 4.98 Å². The minimum Gasteiger partial charge on any atom is -0.264 e. The molecule has 2 rings (SSSR count). The number of rotatable bonds is 1. The number of aryl methyl sites for hydroxylation is 1. The van der Waals surface area contributed by atoms with E-state index >= 15 is 0 Å². The lowest BCUT2D eigenvalue weighted by Crippen LogP contribution is -1.87. The molecule has 1 nitrogen and oxygen atoms in total. The van der Waals surface area contributed by atoms with Gasteiger partial charge in [0, 0.05) is 22.4 Å². The summed E-state index contributed by atoms with van der Waals surface area (Å²) in [5.41, 5.74) is 2.88. The number of benzene rings is 1. The van der Waals surface area contributed by atoms with Gasteiger partial charge in [0.2, 0.25) is 0 Å². The van der Waals surface area contributed by atoms with Crippen LogP contribution in [0.5, 0.6) is 0 Å². The molecular weight excluding hydrogens is 257 g/mol. The maximum absolute atomic E-state index is 12.9. The molecule has 3 heteroatoms. The van der Waals surface area contributed by atoms with Gasteiger partial charge in [-0.2, -0.15) is 0 Å². The third-order valence-corrected chi connectivity index (χ3v) is 2.94. The molecule has 0 amide bonds. The molecule has 0 aliphatic rings. The summed E-state index contributed by atoms with van der Waals surface area (Å²) in [6.45, 7) is 1.89. The van der Waals surface area contributed by atoms with E-state index in [0.29, 0.717) is 0 Å². The lowest BCUT2D eigenvalue weighted by atomic mass is 10.0. The van der Waals surface area contributed by atoms with E-state index in [2.05, 4.69) is 20.9 Å². The van der Waals surface area contributed by atoms with Crippen molar-refractivity contribution in [2.45, 2.75) is 6.92 Å². The first-order valence-electron chi connectivity index (χ1n) is 4.54. The predicted octanol–water partition coefficient (Wildman–Crippen LogP) is 3.96. The van der Waals surface area contributed by atoms with Crippen molar-refractivity contribution in [3.05, 3.63) is 52.5 Å². The van der Waals surface area contributed by atoms with Crippen molar-refractivity contribution in [2.75, 3.05) is 0 Å². The largest absolute Gasteiger partial charge is 0.264 e. The molecule has 0 spiro atoms. The normalized spacial score (nSPS) is 10.3. The molecule has 1 aromatic heterocycles. The predicted molar refractivity (Wildman–Crippen MR) is 62.1 cm³/mol. The van der Waals surface area contributed by atoms with Crippen LogP contribution in [0.2, 0.25) is 0 Å². The molecular formula is C12H9BrFN. The highest BCUT2D eigenvalue weighted by Gasteiger charge is 2.06. The highest BCUT2D eigenvalue weighted by atomic mass is 79.9. The summed E-state index contributed by atoms with van der Waals surface area (Å²) in [6, 6.07) is 6.63. The van der Waals surface area contributed by atoms with Crippen LogP contribution in [0.15, 0.2) is 41.1 Å². The van der Waals surface area contributed by atoms with Crippen molar-refractivity contribution in [1.29, 1.82) is 0 Å². The quantitative estimate of drug-likeness (QED) is 0.761.